The molecular formula is C25H33F2NO8S2. The number of carbonyl (C=O) groups excluding carboxylic acids is 3. The highest BCUT2D eigenvalue weighted by molar-refractivity contribution is 8.01. The Morgan fingerprint density at radius 2 is 1.63 bits per heavy atom. The summed E-state index contributed by atoms with van der Waals surface area (Å²) in [6.07, 6.45) is 5.00. The third kappa shape index (κ3) is 3.84. The molecule has 7 rings (SSSR count). The first kappa shape index (κ1) is 26.7. The second-order valence-electron chi connectivity index (χ2n) is 13.3. The number of alkyl halides is 2. The summed E-state index contributed by atoms with van der Waals surface area (Å²) in [4.78, 5) is 42.2. The van der Waals surface area contributed by atoms with E-state index in [-0.39, 0.29) is 17.1 Å². The number of halogens is 2. The Morgan fingerprint density at radius 3 is 2.13 bits per heavy atom. The van der Waals surface area contributed by atoms with E-state index in [4.69, 9.17) is 14.0 Å². The van der Waals surface area contributed by atoms with Gasteiger partial charge in [-0.1, -0.05) is 0 Å². The molecule has 0 aromatic rings. The van der Waals surface area contributed by atoms with Crippen LogP contribution in [0.5, 0.6) is 0 Å². The van der Waals surface area contributed by atoms with Crippen LogP contribution in [0.25, 0.3) is 0 Å². The molecule has 3 saturated heterocycles. The van der Waals surface area contributed by atoms with Gasteiger partial charge in [-0.05, 0) is 77.0 Å². The average molecular weight is 578 g/mol. The number of hydrogen-bond acceptors (Lipinski definition) is 8. The predicted molar refractivity (Wildman–Crippen MR) is 130 cm³/mol. The van der Waals surface area contributed by atoms with Crippen LogP contribution in [0.15, 0.2) is 0 Å². The molecule has 4 saturated carbocycles. The Labute approximate surface area is 224 Å². The van der Waals surface area contributed by atoms with Gasteiger partial charge in [0.1, 0.15) is 6.10 Å². The first-order valence-electron chi connectivity index (χ1n) is 13.2. The van der Waals surface area contributed by atoms with Crippen molar-refractivity contribution in [2.75, 3.05) is 6.61 Å². The van der Waals surface area contributed by atoms with Crippen LogP contribution in [0.4, 0.5) is 8.78 Å². The first-order valence-corrected chi connectivity index (χ1v) is 15.6. The Bertz CT molecular complexity index is 1150. The van der Waals surface area contributed by atoms with Gasteiger partial charge in [0.15, 0.2) is 6.61 Å². The van der Waals surface area contributed by atoms with Crippen molar-refractivity contribution in [1.82, 2.24) is 4.90 Å². The van der Waals surface area contributed by atoms with Crippen LogP contribution >= 0.6 is 11.8 Å². The molecule has 4 aliphatic carbocycles. The van der Waals surface area contributed by atoms with Crippen LogP contribution in [-0.2, 0) is 34.0 Å². The lowest BCUT2D eigenvalue weighted by Gasteiger charge is -2.55. The Morgan fingerprint density at radius 1 is 1.08 bits per heavy atom. The lowest BCUT2D eigenvalue weighted by molar-refractivity contribution is -0.182. The van der Waals surface area contributed by atoms with Crippen LogP contribution < -0.4 is 0 Å². The van der Waals surface area contributed by atoms with Crippen molar-refractivity contribution in [3.63, 3.8) is 0 Å². The van der Waals surface area contributed by atoms with E-state index < -0.39 is 68.1 Å². The fourth-order valence-corrected chi connectivity index (χ4v) is 11.0. The molecular weight excluding hydrogens is 544 g/mol. The van der Waals surface area contributed by atoms with E-state index >= 15 is 0 Å². The van der Waals surface area contributed by atoms with Crippen LogP contribution in [-0.4, -0.2) is 75.8 Å². The van der Waals surface area contributed by atoms with Gasteiger partial charge in [-0.25, -0.2) is 0 Å². The number of nitrogens with zero attached hydrogens (tertiary/aromatic N) is 1. The summed E-state index contributed by atoms with van der Waals surface area (Å²) in [6.45, 7) is 3.69. The van der Waals surface area contributed by atoms with Crippen molar-refractivity contribution >= 4 is 39.7 Å². The molecule has 3 heterocycles. The Hall–Kier alpha value is -1.47. The van der Waals surface area contributed by atoms with Crippen molar-refractivity contribution in [1.29, 1.82) is 0 Å². The highest BCUT2D eigenvalue weighted by Gasteiger charge is 2.73. The van der Waals surface area contributed by atoms with Gasteiger partial charge in [0, 0.05) is 10.8 Å². The fraction of sp³-hybridized carbons (Fsp3) is 0.880. The number of carbonyl (C=O) groups is 3. The second kappa shape index (κ2) is 8.28. The average Bonchev–Trinajstić information content (AvgIpc) is 3.38. The summed E-state index contributed by atoms with van der Waals surface area (Å²) in [6, 6.07) is -0.455. The minimum absolute atomic E-state index is 0.287. The van der Waals surface area contributed by atoms with Gasteiger partial charge in [0.2, 0.25) is 5.91 Å². The van der Waals surface area contributed by atoms with E-state index in [1.54, 1.807) is 4.90 Å². The SMILES string of the molecule is CC(C)(C)N1C(=O)C2C3SC(C(OC(=O)C45CC6CC(CC(C6)C4)C5)C31)C2C(=O)OCC(F)(F)S(=O)(=O)O. The summed E-state index contributed by atoms with van der Waals surface area (Å²) in [5.41, 5.74) is -1.20. The van der Waals surface area contributed by atoms with Gasteiger partial charge < -0.3 is 14.4 Å². The minimum atomic E-state index is -5.79. The van der Waals surface area contributed by atoms with Gasteiger partial charge in [-0.3, -0.25) is 18.9 Å². The third-order valence-corrected chi connectivity index (χ3v) is 12.3. The summed E-state index contributed by atoms with van der Waals surface area (Å²) < 4.78 is 69.3. The number of thioether (sulfide) groups is 1. The van der Waals surface area contributed by atoms with Crippen LogP contribution in [0.2, 0.25) is 0 Å². The zero-order valence-electron chi connectivity index (χ0n) is 21.5. The fourth-order valence-electron chi connectivity index (χ4n) is 8.74. The molecule has 1 N–H and O–H groups in total. The van der Waals surface area contributed by atoms with Crippen molar-refractivity contribution in [3.8, 4) is 0 Å². The largest absolute Gasteiger partial charge is 0.458 e. The number of rotatable bonds is 6. The monoisotopic (exact) mass is 577 g/mol. The first-order chi connectivity index (χ1) is 17.5. The van der Waals surface area contributed by atoms with Gasteiger partial charge in [-0.15, -0.1) is 11.8 Å². The van der Waals surface area contributed by atoms with E-state index in [1.165, 1.54) is 11.8 Å². The van der Waals surface area contributed by atoms with Gasteiger partial charge in [-0.2, -0.15) is 17.2 Å². The molecule has 0 radical (unpaired) electrons. The number of esters is 2. The van der Waals surface area contributed by atoms with Crippen molar-refractivity contribution in [3.05, 3.63) is 0 Å². The van der Waals surface area contributed by atoms with E-state index in [0.29, 0.717) is 17.8 Å². The van der Waals surface area contributed by atoms with E-state index in [2.05, 4.69) is 0 Å². The van der Waals surface area contributed by atoms with Gasteiger partial charge >= 0.3 is 27.3 Å². The summed E-state index contributed by atoms with van der Waals surface area (Å²) in [5, 5.41) is -5.76. The summed E-state index contributed by atoms with van der Waals surface area (Å²) in [7, 11) is -5.79. The maximum atomic E-state index is 13.8. The number of likely N-dealkylation sites (tertiary alicyclic amines) is 1. The molecule has 6 bridgehead atoms. The molecule has 38 heavy (non-hydrogen) atoms. The number of hydrogen-bond donors (Lipinski definition) is 1. The molecule has 13 heteroatoms. The maximum Gasteiger partial charge on any atom is 0.402 e. The molecule has 6 atom stereocenters. The Kier molecular flexibility index (Phi) is 5.83. The zero-order valence-corrected chi connectivity index (χ0v) is 23.1. The third-order valence-electron chi connectivity index (χ3n) is 9.70. The predicted octanol–water partition coefficient (Wildman–Crippen LogP) is 2.88. The van der Waals surface area contributed by atoms with E-state index in [1.807, 2.05) is 20.8 Å². The van der Waals surface area contributed by atoms with Crippen molar-refractivity contribution in [2.45, 2.75) is 92.7 Å². The lowest BCUT2D eigenvalue weighted by atomic mass is 9.49. The summed E-state index contributed by atoms with van der Waals surface area (Å²) >= 11 is 1.34. The molecule has 0 aromatic heterocycles. The molecule has 1 amide bonds. The summed E-state index contributed by atoms with van der Waals surface area (Å²) in [5.74, 6) is -2.26. The molecule has 6 unspecified atom stereocenters. The highest BCUT2D eigenvalue weighted by Crippen LogP contribution is 2.63. The molecule has 0 spiro atoms. The van der Waals surface area contributed by atoms with Gasteiger partial charge in [0.05, 0.1) is 28.5 Å². The topological polar surface area (TPSA) is 127 Å². The molecule has 3 aliphatic heterocycles. The van der Waals surface area contributed by atoms with E-state index in [0.717, 1.165) is 38.5 Å². The minimum Gasteiger partial charge on any atom is -0.458 e. The van der Waals surface area contributed by atoms with Crippen LogP contribution in [0.3, 0.4) is 0 Å². The molecule has 7 aliphatic rings. The van der Waals surface area contributed by atoms with Crippen molar-refractivity contribution < 1.29 is 45.6 Å². The standard InChI is InChI=1S/C25H33F2NO8S2/c1-23(2,3)28-16-17(36-22(31)24-7-11-4-12(8-24)6-13(5-11)9-24)19-15(14(20(28)29)18(16)37-19)21(30)35-10-25(26,27)38(32,33)34/h11-19H,4-10H2,1-3H3,(H,32,33,34). The second-order valence-corrected chi connectivity index (χ2v) is 16.2. The Balaban J connectivity index is 1.27. The number of ether oxygens (including phenoxy) is 2. The smallest absolute Gasteiger partial charge is 0.402 e. The molecule has 212 valence electrons. The normalized spacial score (nSPS) is 43.2. The van der Waals surface area contributed by atoms with Gasteiger partial charge in [0.25, 0.3) is 0 Å². The molecule has 0 aromatic carbocycles. The number of fused-ring (bicyclic) bond motifs is 1. The highest BCUT2D eigenvalue weighted by atomic mass is 32.2. The maximum absolute atomic E-state index is 13.8. The molecule has 9 nitrogen and oxygen atoms in total. The van der Waals surface area contributed by atoms with E-state index in [9.17, 15) is 31.6 Å². The van der Waals surface area contributed by atoms with Crippen LogP contribution in [0.1, 0.15) is 59.3 Å². The van der Waals surface area contributed by atoms with Crippen molar-refractivity contribution in [2.24, 2.45) is 35.0 Å². The van der Waals surface area contributed by atoms with Crippen LogP contribution in [0, 0.1) is 35.0 Å². The zero-order chi connectivity index (χ0) is 27.6. The molecule has 7 fully saturated rings. The number of amides is 1. The quantitative estimate of drug-likeness (QED) is 0.374. The lowest BCUT2D eigenvalue weighted by Crippen LogP contribution is -2.57.